The van der Waals surface area contributed by atoms with Crippen molar-refractivity contribution in [3.05, 3.63) is 33.8 Å². The third kappa shape index (κ3) is 2.98. The van der Waals surface area contributed by atoms with Crippen LogP contribution in [0, 0.1) is 0 Å². The van der Waals surface area contributed by atoms with Crippen LogP contribution in [0.3, 0.4) is 0 Å². The van der Waals surface area contributed by atoms with Gasteiger partial charge in [0.2, 0.25) is 0 Å². The fraction of sp³-hybridized carbons (Fsp3) is 0.462. The van der Waals surface area contributed by atoms with E-state index in [9.17, 15) is 23.1 Å². The van der Waals surface area contributed by atoms with Crippen LogP contribution in [0.25, 0.3) is 0 Å². The molecular weight excluding hydrogens is 339 g/mol. The molecule has 1 aliphatic heterocycles. The lowest BCUT2D eigenvalue weighted by Gasteiger charge is -2.24. The third-order valence-corrected chi connectivity index (χ3v) is 4.06. The Balaban J connectivity index is 2.34. The highest BCUT2D eigenvalue weighted by molar-refractivity contribution is 9.10. The molecule has 0 spiro atoms. The molecule has 0 radical (unpaired) electrons. The van der Waals surface area contributed by atoms with E-state index >= 15 is 0 Å². The summed E-state index contributed by atoms with van der Waals surface area (Å²) in [7, 11) is 0. The highest BCUT2D eigenvalue weighted by atomic mass is 79.9. The number of hydrogen-bond donors (Lipinski definition) is 1. The molecule has 0 saturated carbocycles. The van der Waals surface area contributed by atoms with Crippen LogP contribution in [0.5, 0.6) is 0 Å². The molecule has 1 saturated heterocycles. The molecule has 0 unspecified atom stereocenters. The van der Waals surface area contributed by atoms with E-state index < -0.39 is 17.6 Å². The van der Waals surface area contributed by atoms with Gasteiger partial charge in [-0.05, 0) is 47.0 Å². The number of likely N-dealkylation sites (tertiary alicyclic amines) is 1. The molecule has 7 heteroatoms. The molecule has 0 bridgehead atoms. The Kier molecular flexibility index (Phi) is 4.39. The summed E-state index contributed by atoms with van der Waals surface area (Å²) in [6, 6.07) is 2.68. The molecule has 2 rings (SSSR count). The van der Waals surface area contributed by atoms with Gasteiger partial charge in [-0.25, -0.2) is 0 Å². The maximum absolute atomic E-state index is 12.7. The van der Waals surface area contributed by atoms with Gasteiger partial charge in [-0.2, -0.15) is 13.2 Å². The largest absolute Gasteiger partial charge is 0.416 e. The first-order valence-corrected chi connectivity index (χ1v) is 6.92. The van der Waals surface area contributed by atoms with Crippen molar-refractivity contribution in [1.29, 1.82) is 0 Å². The first-order valence-electron chi connectivity index (χ1n) is 6.13. The third-order valence-electron chi connectivity index (χ3n) is 3.37. The number of rotatable bonds is 2. The van der Waals surface area contributed by atoms with Crippen molar-refractivity contribution in [2.45, 2.75) is 25.1 Å². The van der Waals surface area contributed by atoms with E-state index in [1.807, 2.05) is 0 Å². The minimum absolute atomic E-state index is 0.0276. The number of carbonyl (C=O) groups is 1. The van der Waals surface area contributed by atoms with Gasteiger partial charge in [-0.3, -0.25) is 4.79 Å². The van der Waals surface area contributed by atoms with Crippen LogP contribution in [0.4, 0.5) is 13.2 Å². The molecule has 0 aromatic heterocycles. The summed E-state index contributed by atoms with van der Waals surface area (Å²) >= 11 is 3.11. The molecule has 3 nitrogen and oxygen atoms in total. The summed E-state index contributed by atoms with van der Waals surface area (Å²) in [5, 5.41) is 9.20. The summed E-state index contributed by atoms with van der Waals surface area (Å²) in [5.41, 5.74) is -0.885. The molecule has 1 amide bonds. The van der Waals surface area contributed by atoms with E-state index in [0.29, 0.717) is 17.4 Å². The second-order valence-electron chi connectivity index (χ2n) is 4.67. The van der Waals surface area contributed by atoms with Crippen LogP contribution in [0.2, 0.25) is 0 Å². The highest BCUT2D eigenvalue weighted by Crippen LogP contribution is 2.33. The molecule has 0 aliphatic carbocycles. The Morgan fingerprint density at radius 2 is 2.15 bits per heavy atom. The van der Waals surface area contributed by atoms with Crippen molar-refractivity contribution in [2.24, 2.45) is 0 Å². The lowest BCUT2D eigenvalue weighted by atomic mass is 10.1. The smallest absolute Gasteiger partial charge is 0.394 e. The van der Waals surface area contributed by atoms with Crippen molar-refractivity contribution in [3.8, 4) is 0 Å². The van der Waals surface area contributed by atoms with Crippen LogP contribution in [0.15, 0.2) is 22.7 Å². The SMILES string of the molecule is O=C(c1cc(C(F)(F)F)ccc1Br)N1CCC[C@H]1CO. The Hall–Kier alpha value is -1.08. The standard InChI is InChI=1S/C13H13BrF3NO2/c14-11-4-3-8(13(15,16)17)6-10(11)12(20)18-5-1-2-9(18)7-19/h3-4,6,9,19H,1-2,5,7H2/t9-/m0/s1. The minimum atomic E-state index is -4.49. The van der Waals surface area contributed by atoms with Crippen molar-refractivity contribution in [3.63, 3.8) is 0 Å². The number of amides is 1. The van der Waals surface area contributed by atoms with E-state index in [2.05, 4.69) is 15.9 Å². The average molecular weight is 352 g/mol. The quantitative estimate of drug-likeness (QED) is 0.889. The Morgan fingerprint density at radius 1 is 1.45 bits per heavy atom. The second-order valence-corrected chi connectivity index (χ2v) is 5.52. The zero-order valence-electron chi connectivity index (χ0n) is 10.5. The van der Waals surface area contributed by atoms with Gasteiger partial charge in [0.05, 0.1) is 23.8 Å². The van der Waals surface area contributed by atoms with Gasteiger partial charge < -0.3 is 10.0 Å². The summed E-state index contributed by atoms with van der Waals surface area (Å²) in [6.07, 6.45) is -3.08. The molecule has 1 fully saturated rings. The Morgan fingerprint density at radius 3 is 2.75 bits per heavy atom. The molecular formula is C13H13BrF3NO2. The van der Waals surface area contributed by atoms with E-state index in [1.54, 1.807) is 0 Å². The number of nitrogens with zero attached hydrogens (tertiary/aromatic N) is 1. The molecule has 1 heterocycles. The van der Waals surface area contributed by atoms with Crippen LogP contribution in [-0.2, 0) is 6.18 Å². The fourth-order valence-electron chi connectivity index (χ4n) is 2.31. The zero-order valence-corrected chi connectivity index (χ0v) is 12.0. The lowest BCUT2D eigenvalue weighted by Crippen LogP contribution is -2.37. The molecule has 1 aromatic rings. The zero-order chi connectivity index (χ0) is 14.9. The first-order chi connectivity index (χ1) is 9.34. The van der Waals surface area contributed by atoms with Crippen molar-refractivity contribution in [2.75, 3.05) is 13.2 Å². The number of benzene rings is 1. The summed E-state index contributed by atoms with van der Waals surface area (Å²) < 4.78 is 38.4. The number of hydrogen-bond acceptors (Lipinski definition) is 2. The van der Waals surface area contributed by atoms with Gasteiger partial charge >= 0.3 is 6.18 Å². The van der Waals surface area contributed by atoms with Gasteiger partial charge in [0, 0.05) is 11.0 Å². The Labute approximate surface area is 122 Å². The van der Waals surface area contributed by atoms with Crippen molar-refractivity contribution in [1.82, 2.24) is 4.90 Å². The lowest BCUT2D eigenvalue weighted by molar-refractivity contribution is -0.137. The summed E-state index contributed by atoms with van der Waals surface area (Å²) in [6.45, 7) is 0.273. The van der Waals surface area contributed by atoms with Gasteiger partial charge in [-0.15, -0.1) is 0 Å². The fourth-order valence-corrected chi connectivity index (χ4v) is 2.73. The average Bonchev–Trinajstić information content (AvgIpc) is 2.85. The van der Waals surface area contributed by atoms with Gasteiger partial charge in [-0.1, -0.05) is 0 Å². The summed E-state index contributed by atoms with van der Waals surface area (Å²) in [4.78, 5) is 13.8. The number of aliphatic hydroxyl groups excluding tert-OH is 1. The second kappa shape index (κ2) is 5.73. The first kappa shape index (κ1) is 15.3. The maximum Gasteiger partial charge on any atom is 0.416 e. The maximum atomic E-state index is 12.7. The van der Waals surface area contributed by atoms with Crippen LogP contribution < -0.4 is 0 Å². The molecule has 20 heavy (non-hydrogen) atoms. The molecule has 1 N–H and O–H groups in total. The van der Waals surface area contributed by atoms with Crippen LogP contribution in [-0.4, -0.2) is 35.1 Å². The van der Waals surface area contributed by atoms with E-state index in [1.165, 1.54) is 11.0 Å². The van der Waals surface area contributed by atoms with Gasteiger partial charge in [0.25, 0.3) is 5.91 Å². The molecule has 110 valence electrons. The predicted octanol–water partition coefficient (Wildman–Crippen LogP) is 3.06. The molecule has 1 atom stereocenters. The van der Waals surface area contributed by atoms with Gasteiger partial charge in [0.15, 0.2) is 0 Å². The predicted molar refractivity (Wildman–Crippen MR) is 70.3 cm³/mol. The van der Waals surface area contributed by atoms with E-state index in [0.717, 1.165) is 18.6 Å². The summed E-state index contributed by atoms with van der Waals surface area (Å²) in [5.74, 6) is -0.487. The van der Waals surface area contributed by atoms with Gasteiger partial charge in [0.1, 0.15) is 0 Å². The number of halogens is 4. The van der Waals surface area contributed by atoms with Crippen molar-refractivity contribution < 1.29 is 23.1 Å². The highest BCUT2D eigenvalue weighted by Gasteiger charge is 2.34. The molecule has 1 aromatic carbocycles. The van der Waals surface area contributed by atoms with Crippen molar-refractivity contribution >= 4 is 21.8 Å². The van der Waals surface area contributed by atoms with E-state index in [-0.39, 0.29) is 18.2 Å². The normalized spacial score (nSPS) is 19.4. The van der Waals surface area contributed by atoms with E-state index in [4.69, 9.17) is 0 Å². The van der Waals surface area contributed by atoms with Crippen LogP contribution >= 0.6 is 15.9 Å². The number of aliphatic hydroxyl groups is 1. The Bertz CT molecular complexity index is 519. The minimum Gasteiger partial charge on any atom is -0.394 e. The topological polar surface area (TPSA) is 40.5 Å². The monoisotopic (exact) mass is 351 g/mol. The van der Waals surface area contributed by atoms with Crippen LogP contribution in [0.1, 0.15) is 28.8 Å². The molecule has 1 aliphatic rings. The number of carbonyl (C=O) groups excluding carboxylic acids is 1. The number of alkyl halides is 3.